The Kier molecular flexibility index (Phi) is 6.49. The van der Waals surface area contributed by atoms with E-state index in [0.29, 0.717) is 22.9 Å². The fourth-order valence-electron chi connectivity index (χ4n) is 1.15. The van der Waals surface area contributed by atoms with Crippen LogP contribution >= 0.6 is 39.3 Å². The van der Waals surface area contributed by atoms with Gasteiger partial charge in [0.2, 0.25) is 0 Å². The van der Waals surface area contributed by atoms with Gasteiger partial charge in [0, 0.05) is 27.4 Å². The summed E-state index contributed by atoms with van der Waals surface area (Å²) in [5.74, 6) is 3.87. The van der Waals surface area contributed by atoms with E-state index in [1.165, 1.54) is 0 Å². The van der Waals surface area contributed by atoms with Crippen molar-refractivity contribution in [2.75, 3.05) is 18.1 Å². The molecule has 2 nitrogen and oxygen atoms in total. The van der Waals surface area contributed by atoms with Crippen molar-refractivity contribution in [1.82, 2.24) is 5.32 Å². The predicted octanol–water partition coefficient (Wildman–Crippen LogP) is 3.20. The lowest BCUT2D eigenvalue weighted by atomic mass is 10.2. The molecule has 0 spiro atoms. The number of carbonyl (C=O) groups is 1. The van der Waals surface area contributed by atoms with Gasteiger partial charge >= 0.3 is 0 Å². The Morgan fingerprint density at radius 3 is 2.94 bits per heavy atom. The predicted molar refractivity (Wildman–Crippen MR) is 77.6 cm³/mol. The minimum Gasteiger partial charge on any atom is -0.351 e. The fraction of sp³-hybridized carbons (Fsp3) is 0.250. The maximum absolute atomic E-state index is 11.7. The molecule has 0 heterocycles. The molecule has 90 valence electrons. The van der Waals surface area contributed by atoms with Crippen molar-refractivity contribution in [1.29, 1.82) is 0 Å². The average Bonchev–Trinajstić information content (AvgIpc) is 2.27. The highest BCUT2D eigenvalue weighted by atomic mass is 79.9. The van der Waals surface area contributed by atoms with Gasteiger partial charge in [0.15, 0.2) is 0 Å². The summed E-state index contributed by atoms with van der Waals surface area (Å²) in [6.45, 7) is 0.593. The van der Waals surface area contributed by atoms with Gasteiger partial charge < -0.3 is 5.32 Å². The summed E-state index contributed by atoms with van der Waals surface area (Å²) < 4.78 is 0.789. The molecule has 0 fully saturated rings. The lowest BCUT2D eigenvalue weighted by Gasteiger charge is -2.05. The molecular weight excluding hydrogens is 322 g/mol. The van der Waals surface area contributed by atoms with Crippen molar-refractivity contribution in [3.8, 4) is 12.3 Å². The number of halogens is 2. The molecule has 5 heteroatoms. The summed E-state index contributed by atoms with van der Waals surface area (Å²) in [7, 11) is 0. The third-order valence-electron chi connectivity index (χ3n) is 1.84. The molecule has 0 unspecified atom stereocenters. The molecule has 1 rings (SSSR count). The standard InChI is InChI=1S/C12H11BrClNOS/c1-2-4-17-5-3-15-12(16)9-6-10(13)8-11(14)7-9/h1,6-8H,3-5H2,(H,15,16). The van der Waals surface area contributed by atoms with Crippen molar-refractivity contribution in [3.63, 3.8) is 0 Å². The van der Waals surface area contributed by atoms with Crippen molar-refractivity contribution < 1.29 is 4.79 Å². The van der Waals surface area contributed by atoms with Crippen LogP contribution in [0.25, 0.3) is 0 Å². The first kappa shape index (κ1) is 14.4. The van der Waals surface area contributed by atoms with Gasteiger partial charge in [-0.25, -0.2) is 0 Å². The zero-order chi connectivity index (χ0) is 12.7. The number of benzene rings is 1. The molecule has 1 aromatic carbocycles. The van der Waals surface area contributed by atoms with Crippen LogP contribution in [0.2, 0.25) is 5.02 Å². The van der Waals surface area contributed by atoms with E-state index in [4.69, 9.17) is 18.0 Å². The van der Waals surface area contributed by atoms with Crippen LogP contribution in [0.1, 0.15) is 10.4 Å². The van der Waals surface area contributed by atoms with Crippen molar-refractivity contribution in [2.45, 2.75) is 0 Å². The van der Waals surface area contributed by atoms with Gasteiger partial charge in [0.05, 0.1) is 5.75 Å². The third-order valence-corrected chi connectivity index (χ3v) is 3.38. The van der Waals surface area contributed by atoms with E-state index >= 15 is 0 Å². The molecule has 17 heavy (non-hydrogen) atoms. The van der Waals surface area contributed by atoms with Gasteiger partial charge in [0.1, 0.15) is 0 Å². The lowest BCUT2D eigenvalue weighted by molar-refractivity contribution is 0.0956. The van der Waals surface area contributed by atoms with E-state index in [0.717, 1.165) is 10.2 Å². The number of hydrogen-bond donors (Lipinski definition) is 1. The van der Waals surface area contributed by atoms with Crippen LogP contribution in [0.3, 0.4) is 0 Å². The summed E-state index contributed by atoms with van der Waals surface area (Å²) >= 11 is 10.8. The number of nitrogens with one attached hydrogen (secondary N) is 1. The van der Waals surface area contributed by atoms with E-state index in [1.807, 2.05) is 0 Å². The Balaban J connectivity index is 2.44. The number of amides is 1. The van der Waals surface area contributed by atoms with Crippen LogP contribution in [-0.4, -0.2) is 24.0 Å². The monoisotopic (exact) mass is 331 g/mol. The second kappa shape index (κ2) is 7.65. The maximum atomic E-state index is 11.7. The number of carbonyl (C=O) groups excluding carboxylic acids is 1. The number of rotatable bonds is 5. The highest BCUT2D eigenvalue weighted by Gasteiger charge is 2.06. The molecule has 1 aromatic rings. The Bertz CT molecular complexity index is 424. The van der Waals surface area contributed by atoms with Crippen molar-refractivity contribution in [2.24, 2.45) is 0 Å². The second-order valence-electron chi connectivity index (χ2n) is 3.17. The number of hydrogen-bond acceptors (Lipinski definition) is 2. The zero-order valence-electron chi connectivity index (χ0n) is 9.00. The highest BCUT2D eigenvalue weighted by molar-refractivity contribution is 9.10. The molecule has 0 aromatic heterocycles. The van der Waals surface area contributed by atoms with Gasteiger partial charge in [-0.15, -0.1) is 18.2 Å². The summed E-state index contributed by atoms with van der Waals surface area (Å²) in [6.07, 6.45) is 5.12. The average molecular weight is 333 g/mol. The Morgan fingerprint density at radius 2 is 2.29 bits per heavy atom. The molecule has 1 amide bonds. The minimum absolute atomic E-state index is 0.130. The van der Waals surface area contributed by atoms with E-state index in [-0.39, 0.29) is 5.91 Å². The van der Waals surface area contributed by atoms with Gasteiger partial charge in [-0.3, -0.25) is 4.79 Å². The molecular formula is C12H11BrClNOS. The van der Waals surface area contributed by atoms with E-state index in [2.05, 4.69) is 27.2 Å². The highest BCUT2D eigenvalue weighted by Crippen LogP contribution is 2.19. The zero-order valence-corrected chi connectivity index (χ0v) is 12.2. The first-order valence-corrected chi connectivity index (χ1v) is 7.21. The quantitative estimate of drug-likeness (QED) is 0.663. The van der Waals surface area contributed by atoms with Crippen LogP contribution in [0.15, 0.2) is 22.7 Å². The Hall–Kier alpha value is -0.630. The van der Waals surface area contributed by atoms with Crippen molar-refractivity contribution >= 4 is 45.2 Å². The van der Waals surface area contributed by atoms with Crippen LogP contribution in [0.4, 0.5) is 0 Å². The summed E-state index contributed by atoms with van der Waals surface area (Å²) in [4.78, 5) is 11.7. The molecule has 0 bridgehead atoms. The third kappa shape index (κ3) is 5.49. The van der Waals surface area contributed by atoms with Crippen molar-refractivity contribution in [3.05, 3.63) is 33.3 Å². The van der Waals surface area contributed by atoms with Crippen LogP contribution in [0.5, 0.6) is 0 Å². The smallest absolute Gasteiger partial charge is 0.251 e. The minimum atomic E-state index is -0.130. The molecule has 0 aliphatic rings. The topological polar surface area (TPSA) is 29.1 Å². The number of terminal acetylenes is 1. The molecule has 0 aliphatic carbocycles. The van der Waals surface area contributed by atoms with E-state index in [1.54, 1.807) is 30.0 Å². The first-order chi connectivity index (χ1) is 8.13. The molecule has 0 aliphatic heterocycles. The van der Waals surface area contributed by atoms with Gasteiger partial charge in [-0.05, 0) is 18.2 Å². The summed E-state index contributed by atoms with van der Waals surface area (Å²) in [5.41, 5.74) is 0.548. The molecule has 1 N–H and O–H groups in total. The first-order valence-electron chi connectivity index (χ1n) is 4.89. The van der Waals surface area contributed by atoms with E-state index in [9.17, 15) is 4.79 Å². The van der Waals surface area contributed by atoms with Gasteiger partial charge in [-0.1, -0.05) is 33.5 Å². The fourth-order valence-corrected chi connectivity index (χ4v) is 2.52. The van der Waals surface area contributed by atoms with Gasteiger partial charge in [-0.2, -0.15) is 0 Å². The Labute approximate surface area is 119 Å². The molecule has 0 radical (unpaired) electrons. The molecule has 0 saturated heterocycles. The SMILES string of the molecule is C#CCSCCNC(=O)c1cc(Cl)cc(Br)c1. The summed E-state index contributed by atoms with van der Waals surface area (Å²) in [6, 6.07) is 5.10. The Morgan fingerprint density at radius 1 is 1.53 bits per heavy atom. The summed E-state index contributed by atoms with van der Waals surface area (Å²) in [5, 5.41) is 3.34. The maximum Gasteiger partial charge on any atom is 0.251 e. The largest absolute Gasteiger partial charge is 0.351 e. The second-order valence-corrected chi connectivity index (χ2v) is 5.63. The van der Waals surface area contributed by atoms with Crippen LogP contribution < -0.4 is 5.32 Å². The van der Waals surface area contributed by atoms with Crippen LogP contribution in [-0.2, 0) is 0 Å². The normalized spacial score (nSPS) is 9.71. The molecule has 0 atom stereocenters. The number of thioether (sulfide) groups is 1. The van der Waals surface area contributed by atoms with Gasteiger partial charge in [0.25, 0.3) is 5.91 Å². The van der Waals surface area contributed by atoms with E-state index < -0.39 is 0 Å². The van der Waals surface area contributed by atoms with Crippen LogP contribution in [0, 0.1) is 12.3 Å². The molecule has 0 saturated carbocycles. The lowest BCUT2D eigenvalue weighted by Crippen LogP contribution is -2.25.